The van der Waals surface area contributed by atoms with Gasteiger partial charge in [-0.1, -0.05) is 0 Å². The normalized spacial score (nSPS) is 31.8. The quantitative estimate of drug-likeness (QED) is 0.704. The van der Waals surface area contributed by atoms with Crippen LogP contribution in [0.2, 0.25) is 0 Å². The lowest BCUT2D eigenvalue weighted by atomic mass is 9.81. The van der Waals surface area contributed by atoms with Crippen LogP contribution in [0.5, 0.6) is 0 Å². The van der Waals surface area contributed by atoms with Crippen LogP contribution < -0.4 is 0 Å². The van der Waals surface area contributed by atoms with Crippen LogP contribution in [0, 0.1) is 0 Å². The molecular formula is C13H19NS. The van der Waals surface area contributed by atoms with Gasteiger partial charge in [0.25, 0.3) is 0 Å². The Morgan fingerprint density at radius 3 is 2.93 bits per heavy atom. The molecule has 0 spiro atoms. The topological polar surface area (TPSA) is 3.24 Å². The molecule has 2 aliphatic rings. The van der Waals surface area contributed by atoms with Crippen molar-refractivity contribution < 1.29 is 0 Å². The summed E-state index contributed by atoms with van der Waals surface area (Å²) in [4.78, 5) is 4.37. The molecule has 1 aliphatic carbocycles. The van der Waals surface area contributed by atoms with Gasteiger partial charge in [-0.3, -0.25) is 4.90 Å². The Morgan fingerprint density at radius 1 is 1.33 bits per heavy atom. The lowest BCUT2D eigenvalue weighted by Crippen LogP contribution is -2.48. The fourth-order valence-corrected chi connectivity index (χ4v) is 4.06. The molecule has 1 nitrogen and oxygen atoms in total. The van der Waals surface area contributed by atoms with Crippen molar-refractivity contribution in [2.45, 2.75) is 44.6 Å². The third kappa shape index (κ3) is 1.64. The van der Waals surface area contributed by atoms with Gasteiger partial charge in [0.15, 0.2) is 0 Å². The van der Waals surface area contributed by atoms with Crippen molar-refractivity contribution in [3.8, 4) is 0 Å². The maximum Gasteiger partial charge on any atom is 0.0225 e. The Kier molecular flexibility index (Phi) is 2.37. The first kappa shape index (κ1) is 9.86. The van der Waals surface area contributed by atoms with Gasteiger partial charge in [-0.15, -0.1) is 11.3 Å². The minimum Gasteiger partial charge on any atom is -0.298 e. The second-order valence-corrected chi connectivity index (χ2v) is 6.24. The summed E-state index contributed by atoms with van der Waals surface area (Å²) in [5.74, 6) is 0. The summed E-state index contributed by atoms with van der Waals surface area (Å²) in [5, 5.41) is 2.26. The fraction of sp³-hybridized carbons (Fsp3) is 0.692. The van der Waals surface area contributed by atoms with Crippen molar-refractivity contribution in [1.29, 1.82) is 0 Å². The molecule has 3 rings (SSSR count). The molecule has 1 fully saturated rings. The summed E-state index contributed by atoms with van der Waals surface area (Å²) in [6.07, 6.45) is 6.77. The molecular weight excluding hydrogens is 202 g/mol. The Morgan fingerprint density at radius 2 is 2.13 bits per heavy atom. The monoisotopic (exact) mass is 221 g/mol. The van der Waals surface area contributed by atoms with Gasteiger partial charge in [0, 0.05) is 10.4 Å². The van der Waals surface area contributed by atoms with Gasteiger partial charge in [0.05, 0.1) is 0 Å². The van der Waals surface area contributed by atoms with Crippen LogP contribution in [-0.2, 0) is 12.8 Å². The first-order valence-corrected chi connectivity index (χ1v) is 6.96. The molecule has 1 unspecified atom stereocenters. The minimum atomic E-state index is 0.463. The van der Waals surface area contributed by atoms with E-state index in [9.17, 15) is 0 Å². The highest BCUT2D eigenvalue weighted by Gasteiger charge is 2.36. The molecule has 0 saturated carbocycles. The molecule has 2 heterocycles. The summed E-state index contributed by atoms with van der Waals surface area (Å²) >= 11 is 1.95. The maximum atomic E-state index is 2.73. The predicted octanol–water partition coefficient (Wildman–Crippen LogP) is 3.09. The molecule has 0 amide bonds. The van der Waals surface area contributed by atoms with Crippen molar-refractivity contribution in [3.63, 3.8) is 0 Å². The number of hydrogen-bond donors (Lipinski definition) is 0. The van der Waals surface area contributed by atoms with Crippen LogP contribution in [0.3, 0.4) is 0 Å². The van der Waals surface area contributed by atoms with Crippen LogP contribution in [0.4, 0.5) is 0 Å². The van der Waals surface area contributed by atoms with Crippen LogP contribution in [-0.4, -0.2) is 23.5 Å². The average Bonchev–Trinajstić information content (AvgIpc) is 2.87. The van der Waals surface area contributed by atoms with E-state index in [4.69, 9.17) is 0 Å². The van der Waals surface area contributed by atoms with Gasteiger partial charge < -0.3 is 0 Å². The van der Waals surface area contributed by atoms with Crippen molar-refractivity contribution in [2.75, 3.05) is 13.1 Å². The van der Waals surface area contributed by atoms with Crippen molar-refractivity contribution in [2.24, 2.45) is 0 Å². The zero-order valence-electron chi connectivity index (χ0n) is 9.46. The highest BCUT2D eigenvalue weighted by Crippen LogP contribution is 2.37. The SMILES string of the molecule is CC1(N2CCCC2)CCc2sccc2C1. The van der Waals surface area contributed by atoms with E-state index in [-0.39, 0.29) is 0 Å². The Balaban J connectivity index is 1.84. The molecule has 0 aromatic carbocycles. The van der Waals surface area contributed by atoms with E-state index >= 15 is 0 Å². The zero-order valence-corrected chi connectivity index (χ0v) is 10.3. The van der Waals surface area contributed by atoms with Gasteiger partial charge in [-0.05, 0) is 69.1 Å². The molecule has 1 aromatic heterocycles. The lowest BCUT2D eigenvalue weighted by Gasteiger charge is -2.41. The van der Waals surface area contributed by atoms with Gasteiger partial charge in [0.1, 0.15) is 0 Å². The van der Waals surface area contributed by atoms with Crippen molar-refractivity contribution in [1.82, 2.24) is 4.90 Å². The molecule has 15 heavy (non-hydrogen) atoms. The number of aryl methyl sites for hydroxylation is 1. The highest BCUT2D eigenvalue weighted by atomic mass is 32.1. The van der Waals surface area contributed by atoms with E-state index in [0.717, 1.165) is 0 Å². The van der Waals surface area contributed by atoms with E-state index in [1.165, 1.54) is 45.2 Å². The summed E-state index contributed by atoms with van der Waals surface area (Å²) in [6.45, 7) is 5.13. The van der Waals surface area contributed by atoms with E-state index in [2.05, 4.69) is 23.3 Å². The molecule has 1 atom stereocenters. The fourth-order valence-electron chi connectivity index (χ4n) is 3.15. The lowest BCUT2D eigenvalue weighted by molar-refractivity contribution is 0.119. The first-order valence-electron chi connectivity index (χ1n) is 6.08. The molecule has 82 valence electrons. The molecule has 1 saturated heterocycles. The molecule has 2 heteroatoms. The number of rotatable bonds is 1. The molecule has 0 N–H and O–H groups in total. The van der Waals surface area contributed by atoms with Crippen LogP contribution in [0.1, 0.15) is 36.6 Å². The largest absolute Gasteiger partial charge is 0.298 e. The summed E-state index contributed by atoms with van der Waals surface area (Å²) in [6, 6.07) is 2.34. The molecule has 0 radical (unpaired) electrons. The number of nitrogens with zero attached hydrogens (tertiary/aromatic N) is 1. The predicted molar refractivity (Wildman–Crippen MR) is 65.6 cm³/mol. The van der Waals surface area contributed by atoms with E-state index in [1.807, 2.05) is 11.3 Å². The number of likely N-dealkylation sites (tertiary alicyclic amines) is 1. The van der Waals surface area contributed by atoms with Crippen LogP contribution in [0.25, 0.3) is 0 Å². The zero-order chi connectivity index (χ0) is 10.3. The Labute approximate surface area is 96.1 Å². The Bertz CT molecular complexity index is 351. The van der Waals surface area contributed by atoms with Gasteiger partial charge in [-0.25, -0.2) is 0 Å². The average molecular weight is 221 g/mol. The van der Waals surface area contributed by atoms with Crippen molar-refractivity contribution >= 4 is 11.3 Å². The summed E-state index contributed by atoms with van der Waals surface area (Å²) < 4.78 is 0. The van der Waals surface area contributed by atoms with Gasteiger partial charge in [0.2, 0.25) is 0 Å². The second-order valence-electron chi connectivity index (χ2n) is 5.24. The van der Waals surface area contributed by atoms with Crippen LogP contribution in [0.15, 0.2) is 11.4 Å². The van der Waals surface area contributed by atoms with E-state index < -0.39 is 0 Å². The second kappa shape index (κ2) is 3.60. The molecule has 1 aliphatic heterocycles. The molecule has 1 aromatic rings. The molecule has 0 bridgehead atoms. The van der Waals surface area contributed by atoms with Gasteiger partial charge >= 0.3 is 0 Å². The van der Waals surface area contributed by atoms with E-state index in [0.29, 0.717) is 5.54 Å². The standard InChI is InChI=1S/C13H19NS/c1-13(14-7-2-3-8-14)6-4-12-11(10-13)5-9-15-12/h5,9H,2-4,6-8,10H2,1H3. The third-order valence-corrected chi connectivity index (χ3v) is 5.19. The summed E-state index contributed by atoms with van der Waals surface area (Å²) in [7, 11) is 0. The number of thiophene rings is 1. The Hall–Kier alpha value is -0.340. The van der Waals surface area contributed by atoms with Crippen LogP contribution >= 0.6 is 11.3 Å². The van der Waals surface area contributed by atoms with Gasteiger partial charge in [-0.2, -0.15) is 0 Å². The number of hydrogen-bond acceptors (Lipinski definition) is 2. The smallest absolute Gasteiger partial charge is 0.0225 e. The minimum absolute atomic E-state index is 0.463. The van der Waals surface area contributed by atoms with E-state index in [1.54, 1.807) is 10.4 Å². The maximum absolute atomic E-state index is 2.73. The number of fused-ring (bicyclic) bond motifs is 1. The third-order valence-electron chi connectivity index (χ3n) is 4.17. The van der Waals surface area contributed by atoms with Crippen molar-refractivity contribution in [3.05, 3.63) is 21.9 Å². The first-order chi connectivity index (χ1) is 7.28. The highest BCUT2D eigenvalue weighted by molar-refractivity contribution is 7.10. The summed E-state index contributed by atoms with van der Waals surface area (Å²) in [5.41, 5.74) is 2.09.